The lowest BCUT2D eigenvalue weighted by Crippen LogP contribution is -2.48. The van der Waals surface area contributed by atoms with E-state index in [0.29, 0.717) is 19.2 Å². The SMILES string of the molecule is CCCN1CCC(NC(=NCCOCCS(C)(=O)=O)NCC)CC1. The molecule has 142 valence electrons. The summed E-state index contributed by atoms with van der Waals surface area (Å²) in [5.41, 5.74) is 0. The number of hydrogen-bond donors (Lipinski definition) is 2. The predicted molar refractivity (Wildman–Crippen MR) is 99.4 cm³/mol. The highest BCUT2D eigenvalue weighted by Crippen LogP contribution is 2.10. The number of piperidine rings is 1. The third kappa shape index (κ3) is 10.1. The summed E-state index contributed by atoms with van der Waals surface area (Å²) >= 11 is 0. The molecule has 0 radical (unpaired) electrons. The molecule has 0 bridgehead atoms. The van der Waals surface area contributed by atoms with Gasteiger partial charge < -0.3 is 20.3 Å². The lowest BCUT2D eigenvalue weighted by Gasteiger charge is -2.32. The number of sulfone groups is 1. The second-order valence-corrected chi connectivity index (χ2v) is 8.52. The largest absolute Gasteiger partial charge is 0.378 e. The van der Waals surface area contributed by atoms with Gasteiger partial charge in [0.1, 0.15) is 9.84 Å². The van der Waals surface area contributed by atoms with Gasteiger partial charge in [-0.15, -0.1) is 0 Å². The molecule has 1 aliphatic rings. The summed E-state index contributed by atoms with van der Waals surface area (Å²) in [5, 5.41) is 6.75. The first-order valence-electron chi connectivity index (χ1n) is 8.97. The van der Waals surface area contributed by atoms with Crippen LogP contribution >= 0.6 is 0 Å². The van der Waals surface area contributed by atoms with Crippen LogP contribution in [0.1, 0.15) is 33.1 Å². The minimum absolute atomic E-state index is 0.0609. The van der Waals surface area contributed by atoms with Crippen LogP contribution < -0.4 is 10.6 Å². The van der Waals surface area contributed by atoms with E-state index >= 15 is 0 Å². The Morgan fingerprint density at radius 2 is 1.96 bits per heavy atom. The molecule has 1 fully saturated rings. The second-order valence-electron chi connectivity index (χ2n) is 6.26. The van der Waals surface area contributed by atoms with Crippen molar-refractivity contribution in [2.45, 2.75) is 39.2 Å². The average molecular weight is 363 g/mol. The van der Waals surface area contributed by atoms with Crippen molar-refractivity contribution in [2.24, 2.45) is 4.99 Å². The molecule has 24 heavy (non-hydrogen) atoms. The number of aliphatic imine (C=N–C) groups is 1. The van der Waals surface area contributed by atoms with E-state index in [2.05, 4.69) is 27.4 Å². The van der Waals surface area contributed by atoms with Gasteiger partial charge >= 0.3 is 0 Å². The lowest BCUT2D eigenvalue weighted by molar-refractivity contribution is 0.157. The molecule has 1 heterocycles. The molecule has 7 nitrogen and oxygen atoms in total. The Morgan fingerprint density at radius 1 is 1.25 bits per heavy atom. The van der Waals surface area contributed by atoms with Gasteiger partial charge in [0.05, 0.1) is 25.5 Å². The van der Waals surface area contributed by atoms with Crippen LogP contribution in [0.3, 0.4) is 0 Å². The third-order valence-corrected chi connectivity index (χ3v) is 4.82. The first kappa shape index (κ1) is 21.2. The van der Waals surface area contributed by atoms with E-state index < -0.39 is 9.84 Å². The Labute approximate surface area is 147 Å². The zero-order chi connectivity index (χ0) is 17.8. The fourth-order valence-electron chi connectivity index (χ4n) is 2.66. The van der Waals surface area contributed by atoms with Crippen LogP contribution in [-0.2, 0) is 14.6 Å². The van der Waals surface area contributed by atoms with Gasteiger partial charge in [0.2, 0.25) is 0 Å². The quantitative estimate of drug-likeness (QED) is 0.334. The smallest absolute Gasteiger partial charge is 0.191 e. The minimum Gasteiger partial charge on any atom is -0.378 e. The Balaban J connectivity index is 2.27. The molecule has 1 saturated heterocycles. The molecule has 1 aliphatic heterocycles. The average Bonchev–Trinajstić information content (AvgIpc) is 2.52. The van der Waals surface area contributed by atoms with Crippen LogP contribution in [0.25, 0.3) is 0 Å². The Kier molecular flexibility index (Phi) is 10.3. The minimum atomic E-state index is -2.95. The van der Waals surface area contributed by atoms with Gasteiger partial charge in [0, 0.05) is 31.9 Å². The molecule has 8 heteroatoms. The highest BCUT2D eigenvalue weighted by atomic mass is 32.2. The van der Waals surface area contributed by atoms with Gasteiger partial charge in [0.25, 0.3) is 0 Å². The fourth-order valence-corrected chi connectivity index (χ4v) is 3.09. The van der Waals surface area contributed by atoms with E-state index in [0.717, 1.165) is 38.4 Å². The van der Waals surface area contributed by atoms with Crippen LogP contribution in [0, 0.1) is 0 Å². The molecular formula is C16H34N4O3S. The number of likely N-dealkylation sites (tertiary alicyclic amines) is 1. The zero-order valence-corrected chi connectivity index (χ0v) is 16.2. The Hall–Kier alpha value is -0.860. The van der Waals surface area contributed by atoms with Crippen LogP contribution in [0.2, 0.25) is 0 Å². The standard InChI is InChI=1S/C16H34N4O3S/c1-4-9-20-10-6-15(7-11-20)19-16(17-5-2)18-8-12-23-13-14-24(3,21)22/h15H,4-14H2,1-3H3,(H2,17,18,19). The highest BCUT2D eigenvalue weighted by molar-refractivity contribution is 7.90. The number of guanidine groups is 1. The van der Waals surface area contributed by atoms with Crippen molar-refractivity contribution in [2.75, 3.05) is 57.9 Å². The lowest BCUT2D eigenvalue weighted by atomic mass is 10.1. The summed E-state index contributed by atoms with van der Waals surface area (Å²) in [6.45, 7) is 9.73. The highest BCUT2D eigenvalue weighted by Gasteiger charge is 2.19. The van der Waals surface area contributed by atoms with Crippen molar-refractivity contribution in [3.63, 3.8) is 0 Å². The van der Waals surface area contributed by atoms with Crippen molar-refractivity contribution in [1.82, 2.24) is 15.5 Å². The normalized spacial score (nSPS) is 17.9. The number of hydrogen-bond acceptors (Lipinski definition) is 5. The van der Waals surface area contributed by atoms with E-state index in [1.165, 1.54) is 19.2 Å². The first-order chi connectivity index (χ1) is 11.4. The summed E-state index contributed by atoms with van der Waals surface area (Å²) in [7, 11) is -2.95. The number of rotatable bonds is 10. The first-order valence-corrected chi connectivity index (χ1v) is 11.0. The van der Waals surface area contributed by atoms with Crippen molar-refractivity contribution in [1.29, 1.82) is 0 Å². The molecule has 0 aromatic rings. The van der Waals surface area contributed by atoms with Crippen LogP contribution in [-0.4, -0.2) is 83.3 Å². The molecule has 0 aromatic heterocycles. The molecule has 0 unspecified atom stereocenters. The maximum Gasteiger partial charge on any atom is 0.191 e. The molecule has 1 rings (SSSR count). The van der Waals surface area contributed by atoms with Gasteiger partial charge in [0.15, 0.2) is 5.96 Å². The van der Waals surface area contributed by atoms with E-state index in [4.69, 9.17) is 4.74 Å². The van der Waals surface area contributed by atoms with E-state index in [1.54, 1.807) is 0 Å². The van der Waals surface area contributed by atoms with Crippen molar-refractivity contribution >= 4 is 15.8 Å². The van der Waals surface area contributed by atoms with Crippen molar-refractivity contribution < 1.29 is 13.2 Å². The van der Waals surface area contributed by atoms with Gasteiger partial charge in [-0.3, -0.25) is 4.99 Å². The van der Waals surface area contributed by atoms with Gasteiger partial charge in [-0.1, -0.05) is 6.92 Å². The number of nitrogens with zero attached hydrogens (tertiary/aromatic N) is 2. The monoisotopic (exact) mass is 362 g/mol. The molecule has 0 aromatic carbocycles. The number of ether oxygens (including phenoxy) is 1. The zero-order valence-electron chi connectivity index (χ0n) is 15.4. The maximum atomic E-state index is 11.0. The molecule has 0 saturated carbocycles. The van der Waals surface area contributed by atoms with E-state index in [1.807, 2.05) is 6.92 Å². The summed E-state index contributed by atoms with van der Waals surface area (Å²) < 4.78 is 27.3. The summed E-state index contributed by atoms with van der Waals surface area (Å²) in [6.07, 6.45) is 4.69. The molecule has 2 N–H and O–H groups in total. The molecular weight excluding hydrogens is 328 g/mol. The number of nitrogens with one attached hydrogen (secondary N) is 2. The Bertz CT molecular complexity index is 460. The van der Waals surface area contributed by atoms with Crippen molar-refractivity contribution in [3.8, 4) is 0 Å². The molecule has 0 atom stereocenters. The van der Waals surface area contributed by atoms with E-state index in [-0.39, 0.29) is 12.4 Å². The van der Waals surface area contributed by atoms with Crippen LogP contribution in [0.5, 0.6) is 0 Å². The van der Waals surface area contributed by atoms with Gasteiger partial charge in [-0.25, -0.2) is 8.42 Å². The van der Waals surface area contributed by atoms with Gasteiger partial charge in [-0.05, 0) is 32.7 Å². The molecule has 0 spiro atoms. The molecule has 0 amide bonds. The Morgan fingerprint density at radius 3 is 2.54 bits per heavy atom. The van der Waals surface area contributed by atoms with Crippen LogP contribution in [0.4, 0.5) is 0 Å². The summed E-state index contributed by atoms with van der Waals surface area (Å²) in [6, 6.07) is 0.460. The summed E-state index contributed by atoms with van der Waals surface area (Å²) in [5.74, 6) is 0.879. The topological polar surface area (TPSA) is 83.0 Å². The maximum absolute atomic E-state index is 11.0. The molecule has 0 aliphatic carbocycles. The van der Waals surface area contributed by atoms with Crippen LogP contribution in [0.15, 0.2) is 4.99 Å². The predicted octanol–water partition coefficient (Wildman–Crippen LogP) is 0.477. The third-order valence-electron chi connectivity index (χ3n) is 3.92. The van der Waals surface area contributed by atoms with Gasteiger partial charge in [-0.2, -0.15) is 0 Å². The van der Waals surface area contributed by atoms with E-state index in [9.17, 15) is 8.42 Å². The summed E-state index contributed by atoms with van der Waals surface area (Å²) in [4.78, 5) is 7.02. The second kappa shape index (κ2) is 11.7. The van der Waals surface area contributed by atoms with Crippen molar-refractivity contribution in [3.05, 3.63) is 0 Å². The fraction of sp³-hybridized carbons (Fsp3) is 0.938.